The second-order valence-corrected chi connectivity index (χ2v) is 48.9. The number of unbranched alkanes of at least 4 members (excludes halogenated alkanes) is 26. The highest BCUT2D eigenvalue weighted by Crippen LogP contribution is 2.53. The first-order valence-corrected chi connectivity index (χ1v) is 50.1. The van der Waals surface area contributed by atoms with Crippen LogP contribution in [0, 0.1) is 0 Å². The van der Waals surface area contributed by atoms with Gasteiger partial charge in [0.25, 0.3) is 0 Å². The minimum absolute atomic E-state index is 0.0424. The number of carbonyl (C=O) groups excluding carboxylic acids is 3. The van der Waals surface area contributed by atoms with Crippen molar-refractivity contribution < 1.29 is 65.4 Å². The van der Waals surface area contributed by atoms with E-state index in [2.05, 4.69) is 99.2 Å². The van der Waals surface area contributed by atoms with Crippen LogP contribution in [0.25, 0.3) is 0 Å². The fourth-order valence-corrected chi connectivity index (χ4v) is 15.4. The topological polar surface area (TPSA) is 173 Å². The quantitative estimate of drug-likeness (QED) is 0.0218. The Morgan fingerprint density at radius 3 is 1.44 bits per heavy atom. The van der Waals surface area contributed by atoms with Crippen LogP contribution in [-0.2, 0) is 56.3 Å². The molecular weight excluding hydrogens is 1280 g/mol. The number of nitrogens with one attached hydrogen (secondary N) is 1. The Hall–Kier alpha value is -2.91. The lowest BCUT2D eigenvalue weighted by Gasteiger charge is -2.47. The molecule has 0 bridgehead atoms. The van der Waals surface area contributed by atoms with Gasteiger partial charge in [-0.2, -0.15) is 0 Å². The highest BCUT2D eigenvalue weighted by molar-refractivity contribution is 7.49. The normalized spacial score (nSPS) is 17.8. The second kappa shape index (κ2) is 49.6. The van der Waals surface area contributed by atoms with Crippen LogP contribution in [0.15, 0.2) is 60.7 Å². The number of carbonyl (C=O) groups is 3. The summed E-state index contributed by atoms with van der Waals surface area (Å²) in [7, 11) is -10.5. The zero-order chi connectivity index (χ0) is 70.6. The molecule has 7 atom stereocenters. The average Bonchev–Trinajstić information content (AvgIpc) is 0.771. The third-order valence-electron chi connectivity index (χ3n) is 18.7. The van der Waals surface area contributed by atoms with Gasteiger partial charge in [0.05, 0.1) is 25.6 Å². The van der Waals surface area contributed by atoms with Crippen LogP contribution in [0.1, 0.15) is 260 Å². The number of benzene rings is 2. The molecule has 1 fully saturated rings. The summed E-state index contributed by atoms with van der Waals surface area (Å²) in [4.78, 5) is 44.5. The molecule has 3 rings (SSSR count). The van der Waals surface area contributed by atoms with Crippen LogP contribution < -0.4 is 14.4 Å². The SMILES string of the molecule is CCCCCCCCCCCCCC(CC(=O)O[C@@H]1[C@@H](NC(=O)CC(CCCCCCCCCCC)OCOCC[Si](C)(C)C)[C@H](OCC[Si](C)(C)C)O[C@H](CO[Si](C)(C)C(C)(C)C)[C@H]1OP(=O)(Oc1ccccc1)Oc1ccccc1)OC(=O)CCCCCCCCCCC. The molecule has 0 spiro atoms. The predicted octanol–water partition coefficient (Wildman–Crippen LogP) is 22.1. The Labute approximate surface area is 588 Å². The van der Waals surface area contributed by atoms with E-state index < -0.39 is 87.0 Å². The van der Waals surface area contributed by atoms with E-state index in [1.165, 1.54) is 116 Å². The summed E-state index contributed by atoms with van der Waals surface area (Å²) >= 11 is 0. The molecule has 1 amide bonds. The van der Waals surface area contributed by atoms with E-state index in [1.54, 1.807) is 48.5 Å². The molecule has 1 saturated heterocycles. The number of phosphoric ester groups is 1. The van der Waals surface area contributed by atoms with Gasteiger partial charge in [0.1, 0.15) is 42.6 Å². The number of amides is 1. The van der Waals surface area contributed by atoms with E-state index in [0.29, 0.717) is 25.9 Å². The molecule has 2 aromatic carbocycles. The Bertz CT molecular complexity index is 2310. The van der Waals surface area contributed by atoms with E-state index >= 15 is 14.2 Å². The fraction of sp³-hybridized carbons (Fsp3) is 0.805. The van der Waals surface area contributed by atoms with Crippen molar-refractivity contribution in [2.75, 3.05) is 26.6 Å². The number of hydrogen-bond acceptors (Lipinski definition) is 14. The first kappa shape index (κ1) is 87.3. The Morgan fingerprint density at radius 1 is 0.542 bits per heavy atom. The zero-order valence-electron chi connectivity index (χ0n) is 63.3. The molecule has 1 aliphatic rings. The molecule has 1 heterocycles. The molecule has 2 unspecified atom stereocenters. The summed E-state index contributed by atoms with van der Waals surface area (Å²) in [5, 5.41) is 3.02. The van der Waals surface area contributed by atoms with Crippen molar-refractivity contribution in [2.45, 2.75) is 372 Å². The third-order valence-corrected chi connectivity index (χ3v) is 28.0. The minimum Gasteiger partial charge on any atom is -0.462 e. The van der Waals surface area contributed by atoms with Crippen molar-refractivity contribution in [3.8, 4) is 11.5 Å². The lowest BCUT2D eigenvalue weighted by atomic mass is 9.96. The maximum absolute atomic E-state index is 15.9. The van der Waals surface area contributed by atoms with Crippen molar-refractivity contribution >= 4 is 50.1 Å². The first-order valence-electron chi connectivity index (χ1n) is 38.3. The Morgan fingerprint density at radius 2 is 0.979 bits per heavy atom. The van der Waals surface area contributed by atoms with Crippen molar-refractivity contribution in [2.24, 2.45) is 0 Å². The van der Waals surface area contributed by atoms with Crippen molar-refractivity contribution in [1.29, 1.82) is 0 Å². The predicted molar refractivity (Wildman–Crippen MR) is 402 cm³/mol. The smallest absolute Gasteiger partial charge is 0.462 e. The molecule has 19 heteroatoms. The van der Waals surface area contributed by atoms with Crippen molar-refractivity contribution in [1.82, 2.24) is 5.32 Å². The molecule has 2 aromatic rings. The molecule has 554 valence electrons. The average molecular weight is 1420 g/mol. The Balaban J connectivity index is 2.20. The molecule has 1 N–H and O–H groups in total. The van der Waals surface area contributed by atoms with E-state index in [0.717, 1.165) is 76.3 Å². The van der Waals surface area contributed by atoms with Gasteiger partial charge in [-0.15, -0.1) is 0 Å². The molecule has 0 aliphatic carbocycles. The van der Waals surface area contributed by atoms with Gasteiger partial charge in [-0.3, -0.25) is 18.9 Å². The van der Waals surface area contributed by atoms with E-state index in [4.69, 9.17) is 46.4 Å². The van der Waals surface area contributed by atoms with E-state index in [9.17, 15) is 4.79 Å². The number of esters is 2. The summed E-state index contributed by atoms with van der Waals surface area (Å²) in [6, 6.07) is 17.7. The highest BCUT2D eigenvalue weighted by Gasteiger charge is 2.55. The number of hydrogen-bond donors (Lipinski definition) is 1. The molecule has 0 saturated carbocycles. The molecule has 15 nitrogen and oxygen atoms in total. The van der Waals surface area contributed by atoms with Gasteiger partial charge in [-0.05, 0) is 80.2 Å². The van der Waals surface area contributed by atoms with Gasteiger partial charge in [-0.1, -0.05) is 291 Å². The van der Waals surface area contributed by atoms with Gasteiger partial charge >= 0.3 is 19.8 Å². The molecule has 1 aliphatic heterocycles. The number of para-hydroxylation sites is 2. The maximum Gasteiger partial charge on any atom is 0.588 e. The highest BCUT2D eigenvalue weighted by atomic mass is 31.2. The first-order chi connectivity index (χ1) is 45.8. The van der Waals surface area contributed by atoms with Gasteiger partial charge in [0, 0.05) is 35.8 Å². The molecule has 96 heavy (non-hydrogen) atoms. The van der Waals surface area contributed by atoms with E-state index in [-0.39, 0.29) is 61.8 Å². The van der Waals surface area contributed by atoms with Crippen LogP contribution in [-0.4, -0.2) is 112 Å². The summed E-state index contributed by atoms with van der Waals surface area (Å²) in [5.41, 5.74) is 0. The monoisotopic (exact) mass is 1420 g/mol. The Kier molecular flexibility index (Phi) is 45.1. The van der Waals surface area contributed by atoms with Gasteiger partial charge in [-0.25, -0.2) is 4.57 Å². The summed E-state index contributed by atoms with van der Waals surface area (Å²) in [5.74, 6) is -1.04. The number of rotatable bonds is 58. The third kappa shape index (κ3) is 41.1. The van der Waals surface area contributed by atoms with Crippen LogP contribution in [0.2, 0.25) is 69.5 Å². The van der Waals surface area contributed by atoms with Gasteiger partial charge in [0.15, 0.2) is 20.7 Å². The standard InChI is InChI=1S/C77H140NO14PSi3/c1-15-18-21-24-27-30-31-34-36-39-44-55-68(87-71(80)56-49-40-37-33-29-26-23-20-17-3)62-72(81)89-75-73(78-70(79)61-67(85-64-83-57-59-94(7,8)9)54-43-38-35-32-28-25-22-19-16-2)76(84-58-60-95(10,11)12)88-69(63-86-96(13,14)77(4,5)6)74(75)92-93(82,90-65-50-45-41-46-51-65)91-66-52-47-42-48-53-66/h41-42,45-48,50-53,67-69,73-76H,15-40,43-44,49,54-64H2,1-14H3,(H,78,79)/t67?,68?,69-,73-,74-,75-,76-/m1/s1. The van der Waals surface area contributed by atoms with Crippen LogP contribution >= 0.6 is 7.82 Å². The van der Waals surface area contributed by atoms with Gasteiger partial charge < -0.3 is 47.2 Å². The fourth-order valence-electron chi connectivity index (χ4n) is 11.4. The summed E-state index contributed by atoms with van der Waals surface area (Å²) in [6.45, 7) is 31.9. The number of phosphoric acid groups is 1. The van der Waals surface area contributed by atoms with E-state index in [1.807, 2.05) is 12.1 Å². The minimum atomic E-state index is -4.82. The van der Waals surface area contributed by atoms with Crippen molar-refractivity contribution in [3.63, 3.8) is 0 Å². The lowest BCUT2D eigenvalue weighted by molar-refractivity contribution is -0.269. The number of ether oxygens (including phenoxy) is 6. The largest absolute Gasteiger partial charge is 0.588 e. The molecular formula is C77H140NO14PSi3. The van der Waals surface area contributed by atoms with Crippen LogP contribution in [0.4, 0.5) is 0 Å². The lowest BCUT2D eigenvalue weighted by Crippen LogP contribution is -2.67. The summed E-state index contributed by atoms with van der Waals surface area (Å²) in [6.07, 6.45) is 27.5. The second-order valence-electron chi connectivity index (χ2n) is 31.3. The maximum atomic E-state index is 15.9. The zero-order valence-corrected chi connectivity index (χ0v) is 67.2. The van der Waals surface area contributed by atoms with Crippen LogP contribution in [0.3, 0.4) is 0 Å². The molecule has 0 radical (unpaired) electrons. The van der Waals surface area contributed by atoms with Gasteiger partial charge in [0.2, 0.25) is 5.91 Å². The molecule has 0 aromatic heterocycles. The van der Waals surface area contributed by atoms with Crippen LogP contribution in [0.5, 0.6) is 11.5 Å². The van der Waals surface area contributed by atoms with Crippen molar-refractivity contribution in [3.05, 3.63) is 60.7 Å². The summed E-state index contributed by atoms with van der Waals surface area (Å²) < 4.78 is 82.2.